The summed E-state index contributed by atoms with van der Waals surface area (Å²) in [6, 6.07) is 5.61. The highest BCUT2D eigenvalue weighted by atomic mass is 16.5. The number of nitrogens with zero attached hydrogens (tertiary/aromatic N) is 3. The van der Waals surface area contributed by atoms with Gasteiger partial charge in [0.2, 0.25) is 5.91 Å². The first-order chi connectivity index (χ1) is 15.1. The van der Waals surface area contributed by atoms with Gasteiger partial charge in [0, 0.05) is 17.5 Å². The van der Waals surface area contributed by atoms with Crippen LogP contribution in [-0.2, 0) is 20.7 Å². The predicted octanol–water partition coefficient (Wildman–Crippen LogP) is 3.96. The number of aryl methyl sites for hydroxylation is 5. The van der Waals surface area contributed by atoms with Gasteiger partial charge in [-0.05, 0) is 89.3 Å². The number of pyridine rings is 1. The summed E-state index contributed by atoms with van der Waals surface area (Å²) >= 11 is 0. The maximum Gasteiger partial charge on any atom is 0.328 e. The third-order valence-electron chi connectivity index (χ3n) is 5.93. The molecule has 0 saturated carbocycles. The number of benzene rings is 1. The molecule has 0 aliphatic heterocycles. The van der Waals surface area contributed by atoms with Crippen LogP contribution < -0.4 is 5.32 Å². The van der Waals surface area contributed by atoms with Gasteiger partial charge in [0.15, 0.2) is 5.65 Å². The molecule has 7 nitrogen and oxygen atoms in total. The van der Waals surface area contributed by atoms with Crippen molar-refractivity contribution in [1.29, 1.82) is 0 Å². The molecule has 0 saturated heterocycles. The van der Waals surface area contributed by atoms with Crippen molar-refractivity contribution in [2.75, 3.05) is 6.61 Å². The molecule has 32 heavy (non-hydrogen) atoms. The lowest BCUT2D eigenvalue weighted by atomic mass is 9.99. The number of carbonyl (C=O) groups excluding carboxylic acids is 2. The average Bonchev–Trinajstić information content (AvgIpc) is 3.06. The van der Waals surface area contributed by atoms with Crippen molar-refractivity contribution in [3.05, 3.63) is 51.8 Å². The van der Waals surface area contributed by atoms with E-state index in [2.05, 4.69) is 44.3 Å². The van der Waals surface area contributed by atoms with Crippen molar-refractivity contribution < 1.29 is 14.3 Å². The molecule has 3 aromatic rings. The average molecular weight is 437 g/mol. The Bertz CT molecular complexity index is 1180. The Hall–Kier alpha value is -3.22. The first kappa shape index (κ1) is 23.4. The molecule has 0 unspecified atom stereocenters. The second-order valence-electron chi connectivity index (χ2n) is 8.31. The van der Waals surface area contributed by atoms with Crippen LogP contribution in [0.15, 0.2) is 18.2 Å². The van der Waals surface area contributed by atoms with E-state index in [-0.39, 0.29) is 18.9 Å². The molecule has 0 spiro atoms. The first-order valence-corrected chi connectivity index (χ1v) is 11.0. The Balaban J connectivity index is 1.87. The van der Waals surface area contributed by atoms with Gasteiger partial charge in [-0.3, -0.25) is 4.79 Å². The van der Waals surface area contributed by atoms with Gasteiger partial charge in [-0.1, -0.05) is 6.07 Å². The molecule has 0 aliphatic carbocycles. The Kier molecular flexibility index (Phi) is 6.96. The van der Waals surface area contributed by atoms with Gasteiger partial charge in [0.05, 0.1) is 18.0 Å². The summed E-state index contributed by atoms with van der Waals surface area (Å²) in [6.07, 6.45) is 0.805. The van der Waals surface area contributed by atoms with E-state index in [0.717, 1.165) is 39.2 Å². The monoisotopic (exact) mass is 436 g/mol. The fourth-order valence-corrected chi connectivity index (χ4v) is 3.99. The minimum absolute atomic E-state index is 0.188. The van der Waals surface area contributed by atoms with E-state index in [9.17, 15) is 9.59 Å². The number of esters is 1. The van der Waals surface area contributed by atoms with E-state index in [4.69, 9.17) is 14.8 Å². The number of amides is 1. The highest BCUT2D eigenvalue weighted by Gasteiger charge is 2.20. The number of ether oxygens (including phenoxy) is 1. The van der Waals surface area contributed by atoms with Gasteiger partial charge in [0.1, 0.15) is 6.04 Å². The predicted molar refractivity (Wildman–Crippen MR) is 125 cm³/mol. The van der Waals surface area contributed by atoms with E-state index >= 15 is 0 Å². The van der Waals surface area contributed by atoms with Crippen LogP contribution in [0.5, 0.6) is 0 Å². The Morgan fingerprint density at radius 1 is 1.09 bits per heavy atom. The molecule has 1 amide bonds. The van der Waals surface area contributed by atoms with Gasteiger partial charge in [-0.2, -0.15) is 5.10 Å². The lowest BCUT2D eigenvalue weighted by molar-refractivity contribution is -0.146. The summed E-state index contributed by atoms with van der Waals surface area (Å²) < 4.78 is 6.84. The quantitative estimate of drug-likeness (QED) is 0.567. The second-order valence-corrected chi connectivity index (χ2v) is 8.31. The summed E-state index contributed by atoms with van der Waals surface area (Å²) in [7, 11) is 0. The van der Waals surface area contributed by atoms with E-state index in [1.807, 2.05) is 18.5 Å². The molecular formula is C25H32N4O3. The second kappa shape index (κ2) is 9.51. The first-order valence-electron chi connectivity index (χ1n) is 11.0. The van der Waals surface area contributed by atoms with Crippen LogP contribution >= 0.6 is 0 Å². The number of carbonyl (C=O) groups is 2. The molecule has 0 radical (unpaired) electrons. The highest BCUT2D eigenvalue weighted by Crippen LogP contribution is 2.28. The molecule has 0 fully saturated rings. The standard InChI is InChI=1S/C25H32N4O3/c1-8-32-25(31)19(7)26-22(30)12-11-21-16(4)23-18(6)28-29(24(23)27-17(21)5)20-10-9-14(2)15(3)13-20/h9-10,13,19H,8,11-12H2,1-7H3,(H,26,30)/t19-/m1/s1. The highest BCUT2D eigenvalue weighted by molar-refractivity contribution is 5.86. The molecule has 1 aromatic carbocycles. The van der Waals surface area contributed by atoms with Gasteiger partial charge >= 0.3 is 5.97 Å². The topological polar surface area (TPSA) is 86.1 Å². The maximum absolute atomic E-state index is 12.4. The van der Waals surface area contributed by atoms with Gasteiger partial charge in [-0.15, -0.1) is 0 Å². The van der Waals surface area contributed by atoms with Crippen LogP contribution in [0.4, 0.5) is 0 Å². The van der Waals surface area contributed by atoms with Gasteiger partial charge in [0.25, 0.3) is 0 Å². The van der Waals surface area contributed by atoms with Crippen LogP contribution in [0.2, 0.25) is 0 Å². The number of fused-ring (bicyclic) bond motifs is 1. The van der Waals surface area contributed by atoms with Gasteiger partial charge < -0.3 is 10.1 Å². The van der Waals surface area contributed by atoms with E-state index in [1.165, 1.54) is 11.1 Å². The van der Waals surface area contributed by atoms with Crippen LogP contribution in [-0.4, -0.2) is 39.3 Å². The lowest BCUT2D eigenvalue weighted by Gasteiger charge is -2.14. The van der Waals surface area contributed by atoms with Crippen molar-refractivity contribution in [3.63, 3.8) is 0 Å². The van der Waals surface area contributed by atoms with Crippen LogP contribution in [0.3, 0.4) is 0 Å². The molecule has 3 rings (SSSR count). The molecule has 1 atom stereocenters. The number of hydrogen-bond donors (Lipinski definition) is 1. The SMILES string of the molecule is CCOC(=O)[C@@H](C)NC(=O)CCc1c(C)nc2c(c(C)nn2-c2ccc(C)c(C)c2)c1C. The zero-order valence-electron chi connectivity index (χ0n) is 20.0. The summed E-state index contributed by atoms with van der Waals surface area (Å²) in [5.41, 5.74) is 8.17. The van der Waals surface area contributed by atoms with E-state index in [0.29, 0.717) is 6.42 Å². The summed E-state index contributed by atoms with van der Waals surface area (Å²) in [6.45, 7) is 13.9. The van der Waals surface area contributed by atoms with Crippen LogP contribution in [0.1, 0.15) is 53.9 Å². The molecule has 2 heterocycles. The molecule has 2 aromatic heterocycles. The van der Waals surface area contributed by atoms with Crippen LogP contribution in [0, 0.1) is 34.6 Å². The molecule has 170 valence electrons. The fraction of sp³-hybridized carbons (Fsp3) is 0.440. The Morgan fingerprint density at radius 3 is 2.47 bits per heavy atom. The summed E-state index contributed by atoms with van der Waals surface area (Å²) in [4.78, 5) is 29.0. The van der Waals surface area contributed by atoms with Crippen LogP contribution in [0.25, 0.3) is 16.7 Å². The zero-order chi connectivity index (χ0) is 23.6. The number of hydrogen-bond acceptors (Lipinski definition) is 5. The van der Waals surface area contributed by atoms with Gasteiger partial charge in [-0.25, -0.2) is 14.5 Å². The smallest absolute Gasteiger partial charge is 0.328 e. The minimum Gasteiger partial charge on any atom is -0.464 e. The number of aromatic nitrogens is 3. The van der Waals surface area contributed by atoms with Crippen molar-refractivity contribution >= 4 is 22.9 Å². The number of nitrogens with one attached hydrogen (secondary N) is 1. The van der Waals surface area contributed by atoms with Crippen molar-refractivity contribution in [2.45, 2.75) is 67.3 Å². The minimum atomic E-state index is -0.663. The molecule has 0 aliphatic rings. The fourth-order valence-electron chi connectivity index (χ4n) is 3.99. The van der Waals surface area contributed by atoms with E-state index in [1.54, 1.807) is 13.8 Å². The zero-order valence-corrected chi connectivity index (χ0v) is 20.0. The Morgan fingerprint density at radius 2 is 1.81 bits per heavy atom. The normalized spacial score (nSPS) is 12.1. The Labute approximate surface area is 189 Å². The third-order valence-corrected chi connectivity index (χ3v) is 5.93. The molecule has 0 bridgehead atoms. The molecular weight excluding hydrogens is 404 g/mol. The lowest BCUT2D eigenvalue weighted by Crippen LogP contribution is -2.39. The molecule has 1 N–H and O–H groups in total. The van der Waals surface area contributed by atoms with E-state index < -0.39 is 12.0 Å². The van der Waals surface area contributed by atoms with Crippen molar-refractivity contribution in [1.82, 2.24) is 20.1 Å². The third kappa shape index (κ3) is 4.66. The summed E-state index contributed by atoms with van der Waals surface area (Å²) in [5, 5.41) is 8.49. The summed E-state index contributed by atoms with van der Waals surface area (Å²) in [5.74, 6) is -0.613. The number of rotatable bonds is 7. The molecule has 7 heteroatoms. The maximum atomic E-state index is 12.4. The van der Waals surface area contributed by atoms with Crippen molar-refractivity contribution in [3.8, 4) is 5.69 Å². The van der Waals surface area contributed by atoms with Crippen molar-refractivity contribution in [2.24, 2.45) is 0 Å². The largest absolute Gasteiger partial charge is 0.464 e.